The maximum absolute atomic E-state index is 13.6. The van der Waals surface area contributed by atoms with Crippen LogP contribution in [0.15, 0.2) is 18.2 Å². The fourth-order valence-corrected chi connectivity index (χ4v) is 2.66. The van der Waals surface area contributed by atoms with E-state index in [0.29, 0.717) is 11.8 Å². The van der Waals surface area contributed by atoms with Crippen molar-refractivity contribution in [3.63, 3.8) is 0 Å². The van der Waals surface area contributed by atoms with Gasteiger partial charge in [0.2, 0.25) is 0 Å². The van der Waals surface area contributed by atoms with Crippen LogP contribution in [-0.4, -0.2) is 12.1 Å². The minimum atomic E-state index is -0.541. The summed E-state index contributed by atoms with van der Waals surface area (Å²) in [6.45, 7) is 4.34. The van der Waals surface area contributed by atoms with E-state index in [1.54, 1.807) is 0 Å². The first-order chi connectivity index (χ1) is 8.97. The molecule has 2 rings (SSSR count). The van der Waals surface area contributed by atoms with Crippen molar-refractivity contribution in [2.45, 2.75) is 45.3 Å². The molecule has 0 saturated heterocycles. The molecule has 0 heterocycles. The summed E-state index contributed by atoms with van der Waals surface area (Å²) >= 11 is 0. The van der Waals surface area contributed by atoms with Crippen LogP contribution < -0.4 is 10.5 Å². The Hall–Kier alpha value is -1.16. The third-order valence-corrected chi connectivity index (χ3v) is 4.00. The van der Waals surface area contributed by atoms with E-state index in [2.05, 4.69) is 13.8 Å². The third-order valence-electron chi connectivity index (χ3n) is 4.00. The molecule has 1 aliphatic carbocycles. The van der Waals surface area contributed by atoms with Gasteiger partial charge >= 0.3 is 0 Å². The molecule has 1 aromatic rings. The lowest BCUT2D eigenvalue weighted by Crippen LogP contribution is -2.44. The summed E-state index contributed by atoms with van der Waals surface area (Å²) in [5.41, 5.74) is 6.04. The smallest absolute Gasteiger partial charge is 0.165 e. The highest BCUT2D eigenvalue weighted by Crippen LogP contribution is 2.32. The van der Waals surface area contributed by atoms with E-state index in [-0.39, 0.29) is 17.9 Å². The van der Waals surface area contributed by atoms with Crippen LogP contribution in [-0.2, 0) is 0 Å². The molecular weight excluding hydrogens is 248 g/mol. The Kier molecular flexibility index (Phi) is 4.40. The predicted octanol–water partition coefficient (Wildman–Crippen LogP) is 3.50. The summed E-state index contributed by atoms with van der Waals surface area (Å²) in [6.07, 6.45) is 2.50. The first-order valence-corrected chi connectivity index (χ1v) is 6.84. The lowest BCUT2D eigenvalue weighted by atomic mass is 9.78. The van der Waals surface area contributed by atoms with Crippen LogP contribution in [0.1, 0.15) is 33.1 Å². The number of nitrogens with two attached hydrogens (primary N) is 1. The molecule has 0 spiro atoms. The van der Waals surface area contributed by atoms with Gasteiger partial charge in [-0.2, -0.15) is 0 Å². The van der Waals surface area contributed by atoms with Crippen LogP contribution in [0.4, 0.5) is 8.78 Å². The molecule has 1 fully saturated rings. The third kappa shape index (κ3) is 3.44. The standard InChI is InChI=1S/C15H21F2NO/c1-9(2)10-3-6-13(18)15(7-10)19-14-8-11(16)4-5-12(14)17/h4-5,8-10,13,15H,3,6-7,18H2,1-2H3. The lowest BCUT2D eigenvalue weighted by Gasteiger charge is -2.36. The van der Waals surface area contributed by atoms with E-state index in [0.717, 1.165) is 37.5 Å². The SMILES string of the molecule is CC(C)C1CCC(N)C(Oc2cc(F)ccc2F)C1. The van der Waals surface area contributed by atoms with Crippen molar-refractivity contribution in [2.24, 2.45) is 17.6 Å². The van der Waals surface area contributed by atoms with Gasteiger partial charge in [-0.25, -0.2) is 8.78 Å². The van der Waals surface area contributed by atoms with E-state index >= 15 is 0 Å². The van der Waals surface area contributed by atoms with Crippen LogP contribution in [0.25, 0.3) is 0 Å². The molecule has 1 saturated carbocycles. The van der Waals surface area contributed by atoms with Crippen LogP contribution in [0.3, 0.4) is 0 Å². The van der Waals surface area contributed by atoms with E-state index in [4.69, 9.17) is 10.5 Å². The first-order valence-electron chi connectivity index (χ1n) is 6.84. The summed E-state index contributed by atoms with van der Waals surface area (Å²) in [5.74, 6) is 0.00342. The maximum Gasteiger partial charge on any atom is 0.165 e. The Morgan fingerprint density at radius 1 is 1.26 bits per heavy atom. The van der Waals surface area contributed by atoms with E-state index < -0.39 is 11.6 Å². The molecule has 0 aromatic heterocycles. The molecule has 0 aliphatic heterocycles. The van der Waals surface area contributed by atoms with Crippen molar-refractivity contribution >= 4 is 0 Å². The van der Waals surface area contributed by atoms with Gasteiger partial charge in [-0.3, -0.25) is 0 Å². The second-order valence-electron chi connectivity index (χ2n) is 5.71. The van der Waals surface area contributed by atoms with E-state index in [1.807, 2.05) is 0 Å². The highest BCUT2D eigenvalue weighted by molar-refractivity contribution is 5.25. The quantitative estimate of drug-likeness (QED) is 0.911. The average molecular weight is 269 g/mol. The number of hydrogen-bond acceptors (Lipinski definition) is 2. The summed E-state index contributed by atoms with van der Waals surface area (Å²) in [5, 5.41) is 0. The van der Waals surface area contributed by atoms with Gasteiger partial charge in [0, 0.05) is 12.1 Å². The Bertz CT molecular complexity index is 436. The number of rotatable bonds is 3. The summed E-state index contributed by atoms with van der Waals surface area (Å²) < 4.78 is 32.3. The molecule has 0 radical (unpaired) electrons. The molecule has 19 heavy (non-hydrogen) atoms. The Morgan fingerprint density at radius 3 is 2.68 bits per heavy atom. The summed E-state index contributed by atoms with van der Waals surface area (Å²) in [6, 6.07) is 3.14. The van der Waals surface area contributed by atoms with Crippen molar-refractivity contribution in [2.75, 3.05) is 0 Å². The largest absolute Gasteiger partial charge is 0.486 e. The molecule has 4 heteroatoms. The van der Waals surface area contributed by atoms with Crippen molar-refractivity contribution in [1.82, 2.24) is 0 Å². The second-order valence-corrected chi connectivity index (χ2v) is 5.71. The van der Waals surface area contributed by atoms with E-state index in [1.165, 1.54) is 0 Å². The highest BCUT2D eigenvalue weighted by Gasteiger charge is 2.31. The lowest BCUT2D eigenvalue weighted by molar-refractivity contribution is 0.0829. The number of benzene rings is 1. The van der Waals surface area contributed by atoms with Crippen LogP contribution >= 0.6 is 0 Å². The van der Waals surface area contributed by atoms with Crippen LogP contribution in [0.2, 0.25) is 0 Å². The molecule has 1 aliphatic rings. The zero-order valence-corrected chi connectivity index (χ0v) is 11.4. The number of halogens is 2. The Labute approximate surface area is 112 Å². The minimum Gasteiger partial charge on any atom is -0.486 e. The van der Waals surface area contributed by atoms with Crippen molar-refractivity contribution in [1.29, 1.82) is 0 Å². The molecule has 0 amide bonds. The van der Waals surface area contributed by atoms with Gasteiger partial charge in [-0.1, -0.05) is 13.8 Å². The minimum absolute atomic E-state index is 0.0372. The van der Waals surface area contributed by atoms with Crippen LogP contribution in [0.5, 0.6) is 5.75 Å². The fraction of sp³-hybridized carbons (Fsp3) is 0.600. The number of hydrogen-bond donors (Lipinski definition) is 1. The molecule has 2 nitrogen and oxygen atoms in total. The molecule has 3 unspecified atom stereocenters. The van der Waals surface area contributed by atoms with Crippen LogP contribution in [0, 0.1) is 23.5 Å². The van der Waals surface area contributed by atoms with E-state index in [9.17, 15) is 8.78 Å². The fourth-order valence-electron chi connectivity index (χ4n) is 2.66. The molecule has 0 bridgehead atoms. The molecule has 106 valence electrons. The Balaban J connectivity index is 2.09. The molecule has 3 atom stereocenters. The molecule has 1 aromatic carbocycles. The van der Waals surface area contributed by atoms with Gasteiger partial charge in [0.15, 0.2) is 11.6 Å². The van der Waals surface area contributed by atoms with Crippen molar-refractivity contribution in [3.05, 3.63) is 29.8 Å². The monoisotopic (exact) mass is 269 g/mol. The normalized spacial score (nSPS) is 27.6. The van der Waals surface area contributed by atoms with Crippen molar-refractivity contribution < 1.29 is 13.5 Å². The molecular formula is C15H21F2NO. The second kappa shape index (κ2) is 5.87. The molecule has 2 N–H and O–H groups in total. The van der Waals surface area contributed by atoms with Gasteiger partial charge in [0.05, 0.1) is 0 Å². The Morgan fingerprint density at radius 2 is 2.00 bits per heavy atom. The zero-order chi connectivity index (χ0) is 14.0. The summed E-state index contributed by atoms with van der Waals surface area (Å²) in [7, 11) is 0. The van der Waals surface area contributed by atoms with Gasteiger partial charge in [-0.05, 0) is 43.2 Å². The van der Waals surface area contributed by atoms with Gasteiger partial charge in [0.25, 0.3) is 0 Å². The highest BCUT2D eigenvalue weighted by atomic mass is 19.1. The van der Waals surface area contributed by atoms with Crippen molar-refractivity contribution in [3.8, 4) is 5.75 Å². The first kappa shape index (κ1) is 14.3. The predicted molar refractivity (Wildman–Crippen MR) is 70.9 cm³/mol. The summed E-state index contributed by atoms with van der Waals surface area (Å²) in [4.78, 5) is 0. The van der Waals surface area contributed by atoms with Gasteiger partial charge in [0.1, 0.15) is 11.9 Å². The average Bonchev–Trinajstić information content (AvgIpc) is 2.36. The maximum atomic E-state index is 13.6. The topological polar surface area (TPSA) is 35.2 Å². The van der Waals surface area contributed by atoms with Gasteiger partial charge < -0.3 is 10.5 Å². The van der Waals surface area contributed by atoms with Gasteiger partial charge in [-0.15, -0.1) is 0 Å². The zero-order valence-electron chi connectivity index (χ0n) is 11.4. The number of ether oxygens (including phenoxy) is 1.